The third kappa shape index (κ3) is 266. The molecule has 0 aliphatic carbocycles. The molecular formula is H4MoNO4P. The van der Waals surface area contributed by atoms with Crippen LogP contribution in [0.4, 0.5) is 0 Å². The zero-order valence-corrected chi connectivity index (χ0v) is 6.39. The van der Waals surface area contributed by atoms with Crippen molar-refractivity contribution in [2.75, 3.05) is 0 Å². The van der Waals surface area contributed by atoms with Gasteiger partial charge in [0.25, 0.3) is 0 Å². The van der Waals surface area contributed by atoms with E-state index in [-0.39, 0.29) is 27.2 Å². The first kappa shape index (κ1) is 15.7. The molecule has 0 rings (SSSR count). The van der Waals surface area contributed by atoms with E-state index in [4.69, 9.17) is 19.2 Å². The van der Waals surface area contributed by atoms with Gasteiger partial charge in [-0.25, -0.2) is 0 Å². The molecule has 0 spiro atoms. The molecule has 0 radical (unpaired) electrons. The molecule has 0 aromatic carbocycles. The maximum absolute atomic E-state index is 8.55. The van der Waals surface area contributed by atoms with Gasteiger partial charge in [0.15, 0.2) is 0 Å². The molecule has 0 amide bonds. The SMILES string of the molecule is O=P([O-])([O-])[O-].[Mo+2].[NH4+]. The van der Waals surface area contributed by atoms with E-state index in [1.165, 1.54) is 0 Å². The minimum Gasteiger partial charge on any atom is -0.822 e. The molecule has 0 aliphatic rings. The van der Waals surface area contributed by atoms with Gasteiger partial charge in [0, 0.05) is 0 Å². The van der Waals surface area contributed by atoms with E-state index in [2.05, 4.69) is 0 Å². The summed E-state index contributed by atoms with van der Waals surface area (Å²) in [6.07, 6.45) is 0. The van der Waals surface area contributed by atoms with Crippen LogP contribution in [0.3, 0.4) is 0 Å². The number of hydrogen-bond acceptors (Lipinski definition) is 4. The molecular weight excluding hydrogens is 205 g/mol. The van der Waals surface area contributed by atoms with Gasteiger partial charge in [0.2, 0.25) is 0 Å². The van der Waals surface area contributed by atoms with Crippen LogP contribution in [-0.2, 0) is 25.6 Å². The Morgan fingerprint density at radius 2 is 1.14 bits per heavy atom. The van der Waals surface area contributed by atoms with Crippen molar-refractivity contribution in [3.05, 3.63) is 0 Å². The molecule has 0 fully saturated rings. The Morgan fingerprint density at radius 1 is 1.14 bits per heavy atom. The zero-order chi connectivity index (χ0) is 4.50. The topological polar surface area (TPSA) is 123 Å². The van der Waals surface area contributed by atoms with Crippen molar-refractivity contribution in [3.8, 4) is 0 Å². The molecule has 44 valence electrons. The molecule has 0 saturated heterocycles. The summed E-state index contributed by atoms with van der Waals surface area (Å²) in [6.45, 7) is 0. The molecule has 0 heterocycles. The van der Waals surface area contributed by atoms with E-state index in [1.807, 2.05) is 0 Å². The van der Waals surface area contributed by atoms with Gasteiger partial charge >= 0.3 is 21.1 Å². The summed E-state index contributed by atoms with van der Waals surface area (Å²) in [5, 5.41) is 0. The van der Waals surface area contributed by atoms with E-state index >= 15 is 0 Å². The van der Waals surface area contributed by atoms with Gasteiger partial charge in [0.05, 0.1) is 0 Å². The maximum atomic E-state index is 8.55. The third-order valence-corrected chi connectivity index (χ3v) is 0. The van der Waals surface area contributed by atoms with Gasteiger partial charge in [-0.1, -0.05) is 0 Å². The van der Waals surface area contributed by atoms with Crippen molar-refractivity contribution < 1.29 is 40.3 Å². The summed E-state index contributed by atoms with van der Waals surface area (Å²) in [4.78, 5) is 25.6. The quantitative estimate of drug-likeness (QED) is 0.351. The minimum atomic E-state index is -5.39. The van der Waals surface area contributed by atoms with Crippen molar-refractivity contribution in [1.29, 1.82) is 0 Å². The molecule has 7 heavy (non-hydrogen) atoms. The molecule has 0 atom stereocenters. The summed E-state index contributed by atoms with van der Waals surface area (Å²) in [5.74, 6) is 0. The van der Waals surface area contributed by atoms with Gasteiger partial charge in [0.1, 0.15) is 0 Å². The molecule has 0 bridgehead atoms. The maximum Gasteiger partial charge on any atom is 2.00 e. The van der Waals surface area contributed by atoms with Crippen LogP contribution < -0.4 is 20.8 Å². The predicted octanol–water partition coefficient (Wildman–Crippen LogP) is -2.45. The second-order valence-electron chi connectivity index (χ2n) is 0.447. The Kier molecular flexibility index (Phi) is 11.0. The van der Waals surface area contributed by atoms with Gasteiger partial charge < -0.3 is 25.4 Å². The van der Waals surface area contributed by atoms with Crippen LogP contribution in [-0.4, -0.2) is 0 Å². The second kappa shape index (κ2) is 4.91. The van der Waals surface area contributed by atoms with E-state index in [0.29, 0.717) is 0 Å². The van der Waals surface area contributed by atoms with Crippen LogP contribution in [0, 0.1) is 0 Å². The minimum absolute atomic E-state index is 0. The Balaban J connectivity index is -0.0000000800. The summed E-state index contributed by atoms with van der Waals surface area (Å²) < 4.78 is 8.55. The number of quaternary nitrogens is 1. The molecule has 0 aliphatic heterocycles. The first-order valence-corrected chi connectivity index (χ1v) is 2.19. The van der Waals surface area contributed by atoms with Crippen molar-refractivity contribution >= 4 is 7.82 Å². The van der Waals surface area contributed by atoms with Crippen LogP contribution in [0.2, 0.25) is 0 Å². The van der Waals surface area contributed by atoms with E-state index in [1.54, 1.807) is 0 Å². The number of hydrogen-bond donors (Lipinski definition) is 1. The van der Waals surface area contributed by atoms with Crippen molar-refractivity contribution in [3.63, 3.8) is 0 Å². The monoisotopic (exact) mass is 211 g/mol. The Hall–Kier alpha value is 0.758. The Labute approximate surface area is 54.8 Å². The van der Waals surface area contributed by atoms with Crippen molar-refractivity contribution in [2.45, 2.75) is 0 Å². The molecule has 0 saturated carbocycles. The Morgan fingerprint density at radius 3 is 1.14 bits per heavy atom. The molecule has 5 nitrogen and oxygen atoms in total. The van der Waals surface area contributed by atoms with E-state index < -0.39 is 7.82 Å². The summed E-state index contributed by atoms with van der Waals surface area (Å²) in [6, 6.07) is 0. The smallest absolute Gasteiger partial charge is 0.822 e. The molecule has 7 heteroatoms. The first-order valence-electron chi connectivity index (χ1n) is 0.730. The average molecular weight is 209 g/mol. The van der Waals surface area contributed by atoms with Crippen molar-refractivity contribution in [1.82, 2.24) is 6.15 Å². The fraction of sp³-hybridized carbons (Fsp3) is 0. The fourth-order valence-corrected chi connectivity index (χ4v) is 0. The van der Waals surface area contributed by atoms with E-state index in [9.17, 15) is 0 Å². The van der Waals surface area contributed by atoms with Crippen LogP contribution in [0.15, 0.2) is 0 Å². The van der Waals surface area contributed by atoms with E-state index in [0.717, 1.165) is 0 Å². The standard InChI is InChI=1S/Mo.H3N.H3O4P/c;;1-5(2,3)4/h;1H3;(H3,1,2,3,4)/q+2;;/p-2. The normalized spacial score (nSPS) is 8.43. The Bertz CT molecular complexity index is 57.8. The summed E-state index contributed by atoms with van der Waals surface area (Å²) in [7, 11) is -5.39. The summed E-state index contributed by atoms with van der Waals surface area (Å²) >= 11 is 0. The van der Waals surface area contributed by atoms with Crippen molar-refractivity contribution in [2.24, 2.45) is 0 Å². The zero-order valence-electron chi connectivity index (χ0n) is 3.49. The number of rotatable bonds is 0. The first-order chi connectivity index (χ1) is 2.00. The molecule has 0 aromatic heterocycles. The van der Waals surface area contributed by atoms with Crippen LogP contribution in [0.1, 0.15) is 0 Å². The van der Waals surface area contributed by atoms with Gasteiger partial charge in [-0.2, -0.15) is 7.82 Å². The van der Waals surface area contributed by atoms with Crippen LogP contribution in [0.5, 0.6) is 0 Å². The largest absolute Gasteiger partial charge is 2.00 e. The molecule has 4 N–H and O–H groups in total. The van der Waals surface area contributed by atoms with Crippen LogP contribution >= 0.6 is 7.82 Å². The number of phosphoric acid groups is 1. The van der Waals surface area contributed by atoms with Crippen LogP contribution in [0.25, 0.3) is 0 Å². The molecule has 0 unspecified atom stereocenters. The predicted molar refractivity (Wildman–Crippen MR) is 13.6 cm³/mol. The van der Waals surface area contributed by atoms with Gasteiger partial charge in [-0.3, -0.25) is 0 Å². The average Bonchev–Trinajstić information content (AvgIpc) is 0.722. The van der Waals surface area contributed by atoms with Gasteiger partial charge in [-0.05, 0) is 0 Å². The second-order valence-corrected chi connectivity index (χ2v) is 1.34. The molecule has 0 aromatic rings. The summed E-state index contributed by atoms with van der Waals surface area (Å²) in [5.41, 5.74) is 0. The van der Waals surface area contributed by atoms with Gasteiger partial charge in [-0.15, -0.1) is 0 Å². The third-order valence-electron chi connectivity index (χ3n) is 0. The fourth-order valence-electron chi connectivity index (χ4n) is 0.